The maximum Gasteiger partial charge on any atom is 0.325 e. The number of aryl methyl sites for hydroxylation is 2. The van der Waals surface area contributed by atoms with Crippen LogP contribution in [-0.4, -0.2) is 30.9 Å². The molecule has 2 amide bonds. The predicted octanol–water partition coefficient (Wildman–Crippen LogP) is 2.14. The van der Waals surface area contributed by atoms with E-state index in [-0.39, 0.29) is 18.9 Å². The molecular formula is C20H22N2O4. The van der Waals surface area contributed by atoms with Crippen molar-refractivity contribution in [1.29, 1.82) is 0 Å². The molecule has 0 saturated heterocycles. The highest BCUT2D eigenvalue weighted by Crippen LogP contribution is 2.15. The van der Waals surface area contributed by atoms with Crippen molar-refractivity contribution in [2.45, 2.75) is 20.3 Å². The normalized spacial score (nSPS) is 10.1. The molecule has 0 fully saturated rings. The number of nitrogens with one attached hydrogen (secondary N) is 2. The lowest BCUT2D eigenvalue weighted by Crippen LogP contribution is -2.33. The Morgan fingerprint density at radius 1 is 0.962 bits per heavy atom. The van der Waals surface area contributed by atoms with Crippen molar-refractivity contribution in [2.75, 3.05) is 18.5 Å². The fraction of sp³-hybridized carbons (Fsp3) is 0.250. The maximum absolute atomic E-state index is 11.9. The van der Waals surface area contributed by atoms with Crippen molar-refractivity contribution in [3.63, 3.8) is 0 Å². The van der Waals surface area contributed by atoms with Gasteiger partial charge in [0.25, 0.3) is 5.91 Å². The summed E-state index contributed by atoms with van der Waals surface area (Å²) in [7, 11) is 0. The molecule has 2 aromatic carbocycles. The summed E-state index contributed by atoms with van der Waals surface area (Å²) in [6, 6.07) is 14.8. The molecule has 0 saturated carbocycles. The maximum atomic E-state index is 11.9. The Morgan fingerprint density at radius 3 is 2.38 bits per heavy atom. The Balaban J connectivity index is 1.69. The number of amides is 2. The van der Waals surface area contributed by atoms with Crippen molar-refractivity contribution in [3.8, 4) is 0 Å². The molecule has 26 heavy (non-hydrogen) atoms. The second-order valence-corrected chi connectivity index (χ2v) is 5.97. The molecule has 0 unspecified atom stereocenters. The topological polar surface area (TPSA) is 84.5 Å². The van der Waals surface area contributed by atoms with E-state index in [0.29, 0.717) is 5.69 Å². The van der Waals surface area contributed by atoms with Crippen LogP contribution < -0.4 is 10.6 Å². The standard InChI is InChI=1S/C20H22N2O4/c1-14-8-9-17(15(2)10-14)22-19(24)13-26-20(25)12-21-18(23)11-16-6-4-3-5-7-16/h3-10H,11-13H2,1-2H3,(H,21,23)(H,22,24). The van der Waals surface area contributed by atoms with Gasteiger partial charge >= 0.3 is 5.97 Å². The van der Waals surface area contributed by atoms with Crippen LogP contribution in [-0.2, 0) is 25.5 Å². The first-order valence-electron chi connectivity index (χ1n) is 8.27. The molecular weight excluding hydrogens is 332 g/mol. The van der Waals surface area contributed by atoms with E-state index in [1.165, 1.54) is 0 Å². The van der Waals surface area contributed by atoms with Crippen LogP contribution in [0, 0.1) is 13.8 Å². The second-order valence-electron chi connectivity index (χ2n) is 5.97. The Morgan fingerprint density at radius 2 is 1.69 bits per heavy atom. The molecule has 0 heterocycles. The number of hydrogen-bond donors (Lipinski definition) is 2. The summed E-state index contributed by atoms with van der Waals surface area (Å²) in [4.78, 5) is 35.3. The first-order valence-corrected chi connectivity index (χ1v) is 8.27. The van der Waals surface area contributed by atoms with Gasteiger partial charge < -0.3 is 15.4 Å². The van der Waals surface area contributed by atoms with Crippen LogP contribution in [0.15, 0.2) is 48.5 Å². The molecule has 0 aliphatic rings. The van der Waals surface area contributed by atoms with Crippen molar-refractivity contribution in [2.24, 2.45) is 0 Å². The number of rotatable bonds is 7. The summed E-state index contributed by atoms with van der Waals surface area (Å²) < 4.78 is 4.87. The summed E-state index contributed by atoms with van der Waals surface area (Å²) in [5.41, 5.74) is 3.55. The minimum Gasteiger partial charge on any atom is -0.454 e. The van der Waals surface area contributed by atoms with Crippen LogP contribution in [0.1, 0.15) is 16.7 Å². The minimum absolute atomic E-state index is 0.182. The Labute approximate surface area is 152 Å². The number of esters is 1. The van der Waals surface area contributed by atoms with E-state index in [9.17, 15) is 14.4 Å². The van der Waals surface area contributed by atoms with Crippen LogP contribution in [0.5, 0.6) is 0 Å². The van der Waals surface area contributed by atoms with E-state index < -0.39 is 18.5 Å². The van der Waals surface area contributed by atoms with Crippen LogP contribution in [0.2, 0.25) is 0 Å². The minimum atomic E-state index is -0.665. The van der Waals surface area contributed by atoms with Crippen LogP contribution >= 0.6 is 0 Å². The Hall–Kier alpha value is -3.15. The SMILES string of the molecule is Cc1ccc(NC(=O)COC(=O)CNC(=O)Cc2ccccc2)c(C)c1. The Bertz CT molecular complexity index is 788. The van der Waals surface area contributed by atoms with Gasteiger partial charge in [0.15, 0.2) is 6.61 Å². The molecule has 6 heteroatoms. The third-order valence-electron chi connectivity index (χ3n) is 3.66. The van der Waals surface area contributed by atoms with Gasteiger partial charge in [0.1, 0.15) is 6.54 Å². The highest BCUT2D eigenvalue weighted by atomic mass is 16.5. The Kier molecular flexibility index (Phi) is 6.91. The van der Waals surface area contributed by atoms with Crippen molar-refractivity contribution < 1.29 is 19.1 Å². The molecule has 2 N–H and O–H groups in total. The molecule has 0 aliphatic heterocycles. The zero-order valence-corrected chi connectivity index (χ0v) is 14.9. The molecule has 0 aliphatic carbocycles. The summed E-state index contributed by atoms with van der Waals surface area (Å²) in [5, 5.41) is 5.16. The smallest absolute Gasteiger partial charge is 0.325 e. The molecule has 0 aromatic heterocycles. The van der Waals surface area contributed by atoms with Crippen molar-refractivity contribution in [3.05, 3.63) is 65.2 Å². The average Bonchev–Trinajstić information content (AvgIpc) is 2.61. The molecule has 0 radical (unpaired) electrons. The van der Waals surface area contributed by atoms with E-state index in [0.717, 1.165) is 16.7 Å². The predicted molar refractivity (Wildman–Crippen MR) is 98.7 cm³/mol. The number of anilines is 1. The van der Waals surface area contributed by atoms with Gasteiger partial charge in [-0.3, -0.25) is 14.4 Å². The summed E-state index contributed by atoms with van der Waals surface area (Å²) in [6.45, 7) is 3.17. The molecule has 2 aromatic rings. The lowest BCUT2D eigenvalue weighted by Gasteiger charge is -2.10. The molecule has 6 nitrogen and oxygen atoms in total. The van der Waals surface area contributed by atoms with Gasteiger partial charge in [-0.05, 0) is 31.0 Å². The highest BCUT2D eigenvalue weighted by molar-refractivity contribution is 5.93. The zero-order chi connectivity index (χ0) is 18.9. The number of carbonyl (C=O) groups is 3. The second kappa shape index (κ2) is 9.36. The molecule has 0 spiro atoms. The zero-order valence-electron chi connectivity index (χ0n) is 14.9. The number of hydrogen-bond acceptors (Lipinski definition) is 4. The third kappa shape index (κ3) is 6.39. The number of carbonyl (C=O) groups excluding carboxylic acids is 3. The van der Waals surface area contributed by atoms with Gasteiger partial charge in [-0.2, -0.15) is 0 Å². The summed E-state index contributed by atoms with van der Waals surface area (Å²) >= 11 is 0. The van der Waals surface area contributed by atoms with Gasteiger partial charge in [-0.25, -0.2) is 0 Å². The van der Waals surface area contributed by atoms with Crippen molar-refractivity contribution >= 4 is 23.5 Å². The van der Waals surface area contributed by atoms with Gasteiger partial charge in [0.2, 0.25) is 5.91 Å². The largest absolute Gasteiger partial charge is 0.454 e. The van der Waals surface area contributed by atoms with Crippen LogP contribution in [0.3, 0.4) is 0 Å². The first kappa shape index (κ1) is 19.2. The lowest BCUT2D eigenvalue weighted by molar-refractivity contribution is -0.147. The van der Waals surface area contributed by atoms with E-state index in [2.05, 4.69) is 10.6 Å². The first-order chi connectivity index (χ1) is 12.4. The van der Waals surface area contributed by atoms with Gasteiger partial charge in [-0.1, -0.05) is 48.0 Å². The molecule has 0 atom stereocenters. The van der Waals surface area contributed by atoms with Crippen LogP contribution in [0.25, 0.3) is 0 Å². The van der Waals surface area contributed by atoms with E-state index in [4.69, 9.17) is 4.74 Å². The fourth-order valence-electron chi connectivity index (χ4n) is 2.35. The fourth-order valence-corrected chi connectivity index (χ4v) is 2.35. The van der Waals surface area contributed by atoms with Crippen molar-refractivity contribution in [1.82, 2.24) is 5.32 Å². The van der Waals surface area contributed by atoms with Gasteiger partial charge in [0.05, 0.1) is 6.42 Å². The lowest BCUT2D eigenvalue weighted by atomic mass is 10.1. The van der Waals surface area contributed by atoms with E-state index >= 15 is 0 Å². The molecule has 136 valence electrons. The quantitative estimate of drug-likeness (QED) is 0.746. The van der Waals surface area contributed by atoms with E-state index in [1.807, 2.05) is 56.3 Å². The summed E-state index contributed by atoms with van der Waals surface area (Å²) in [6.07, 6.45) is 0.182. The number of benzene rings is 2. The van der Waals surface area contributed by atoms with Gasteiger partial charge in [-0.15, -0.1) is 0 Å². The number of ether oxygens (including phenoxy) is 1. The third-order valence-corrected chi connectivity index (χ3v) is 3.66. The van der Waals surface area contributed by atoms with Gasteiger partial charge in [0, 0.05) is 5.69 Å². The molecule has 0 bridgehead atoms. The van der Waals surface area contributed by atoms with Crippen LogP contribution in [0.4, 0.5) is 5.69 Å². The summed E-state index contributed by atoms with van der Waals surface area (Å²) in [5.74, 6) is -1.38. The average molecular weight is 354 g/mol. The molecule has 2 rings (SSSR count). The monoisotopic (exact) mass is 354 g/mol. The highest BCUT2D eigenvalue weighted by Gasteiger charge is 2.11. The van der Waals surface area contributed by atoms with E-state index in [1.54, 1.807) is 6.07 Å².